The van der Waals surface area contributed by atoms with Crippen molar-refractivity contribution in [2.24, 2.45) is 0 Å². The van der Waals surface area contributed by atoms with Crippen LogP contribution in [0.25, 0.3) is 0 Å². The first kappa shape index (κ1) is 21.9. The maximum Gasteiger partial charge on any atom is 0.303 e. The summed E-state index contributed by atoms with van der Waals surface area (Å²) in [6, 6.07) is 16.6. The molecule has 0 amide bonds. The molecule has 0 saturated carbocycles. The molecule has 4 heteroatoms. The van der Waals surface area contributed by atoms with Crippen molar-refractivity contribution in [3.63, 3.8) is 0 Å². The maximum absolute atomic E-state index is 10.5. The number of hydrogen-bond donors (Lipinski definition) is 1. The van der Waals surface area contributed by atoms with Crippen LogP contribution in [-0.2, 0) is 4.79 Å². The third kappa shape index (κ3) is 9.03. The molecule has 1 aromatic carbocycles. The molecule has 2 aromatic rings. The fourth-order valence-corrected chi connectivity index (χ4v) is 3.46. The summed E-state index contributed by atoms with van der Waals surface area (Å²) in [7, 11) is 0. The number of nitrogens with zero attached hydrogens (tertiary/aromatic N) is 2. The SMILES string of the molecule is O=C(O)CCCCCCCCCCCCN(c1ccccc1)c1ccccn1. The molecule has 0 unspecified atom stereocenters. The number of hydrogen-bond acceptors (Lipinski definition) is 3. The van der Waals surface area contributed by atoms with Gasteiger partial charge in [-0.25, -0.2) is 4.98 Å². The van der Waals surface area contributed by atoms with Crippen molar-refractivity contribution in [2.45, 2.75) is 70.6 Å². The van der Waals surface area contributed by atoms with Crippen LogP contribution in [0.15, 0.2) is 54.7 Å². The summed E-state index contributed by atoms with van der Waals surface area (Å²) in [6.45, 7) is 0.991. The predicted octanol–water partition coefficient (Wildman–Crippen LogP) is 6.60. The number of unbranched alkanes of at least 4 members (excludes halogenated alkanes) is 9. The van der Waals surface area contributed by atoms with Gasteiger partial charge in [-0.05, 0) is 37.1 Å². The van der Waals surface area contributed by atoms with Crippen LogP contribution in [0, 0.1) is 0 Å². The van der Waals surface area contributed by atoms with Crippen molar-refractivity contribution >= 4 is 17.5 Å². The average molecular weight is 383 g/mol. The molecule has 1 N–H and O–H groups in total. The number of para-hydroxylation sites is 1. The van der Waals surface area contributed by atoms with Crippen LogP contribution in [-0.4, -0.2) is 22.6 Å². The topological polar surface area (TPSA) is 53.4 Å². The number of carbonyl (C=O) groups is 1. The van der Waals surface area contributed by atoms with Gasteiger partial charge in [-0.2, -0.15) is 0 Å². The summed E-state index contributed by atoms with van der Waals surface area (Å²) in [5.74, 6) is 0.338. The van der Waals surface area contributed by atoms with E-state index in [-0.39, 0.29) is 0 Å². The molecular formula is C24H34N2O2. The first-order valence-corrected chi connectivity index (χ1v) is 10.7. The molecule has 0 bridgehead atoms. The van der Waals surface area contributed by atoms with E-state index >= 15 is 0 Å². The monoisotopic (exact) mass is 382 g/mol. The van der Waals surface area contributed by atoms with Crippen LogP contribution in [0.4, 0.5) is 11.5 Å². The minimum absolute atomic E-state index is 0.318. The van der Waals surface area contributed by atoms with Crippen LogP contribution >= 0.6 is 0 Å². The Morgan fingerprint density at radius 3 is 1.89 bits per heavy atom. The van der Waals surface area contributed by atoms with Crippen molar-refractivity contribution in [3.05, 3.63) is 54.7 Å². The number of benzene rings is 1. The van der Waals surface area contributed by atoms with Gasteiger partial charge in [0.2, 0.25) is 0 Å². The summed E-state index contributed by atoms with van der Waals surface area (Å²) in [4.78, 5) is 17.3. The Morgan fingerprint density at radius 1 is 0.750 bits per heavy atom. The molecule has 4 nitrogen and oxygen atoms in total. The van der Waals surface area contributed by atoms with Gasteiger partial charge >= 0.3 is 5.97 Å². The summed E-state index contributed by atoms with van der Waals surface area (Å²) < 4.78 is 0. The molecule has 0 spiro atoms. The van der Waals surface area contributed by atoms with Gasteiger partial charge in [0.15, 0.2) is 0 Å². The van der Waals surface area contributed by atoms with E-state index in [4.69, 9.17) is 5.11 Å². The van der Waals surface area contributed by atoms with E-state index in [2.05, 4.69) is 40.2 Å². The van der Waals surface area contributed by atoms with Gasteiger partial charge in [0.1, 0.15) is 5.82 Å². The van der Waals surface area contributed by atoms with E-state index in [1.165, 1.54) is 57.1 Å². The van der Waals surface area contributed by atoms with Crippen LogP contribution in [0.2, 0.25) is 0 Å². The zero-order valence-corrected chi connectivity index (χ0v) is 16.9. The van der Waals surface area contributed by atoms with Gasteiger partial charge in [-0.3, -0.25) is 4.79 Å². The zero-order valence-electron chi connectivity index (χ0n) is 16.9. The van der Waals surface area contributed by atoms with Crippen molar-refractivity contribution in [3.8, 4) is 0 Å². The van der Waals surface area contributed by atoms with E-state index in [0.29, 0.717) is 6.42 Å². The van der Waals surface area contributed by atoms with E-state index in [1.807, 2.05) is 24.4 Å². The minimum atomic E-state index is -0.672. The maximum atomic E-state index is 10.5. The van der Waals surface area contributed by atoms with Gasteiger partial charge in [0.25, 0.3) is 0 Å². The Hall–Kier alpha value is -2.36. The third-order valence-electron chi connectivity index (χ3n) is 5.02. The highest BCUT2D eigenvalue weighted by molar-refractivity contribution is 5.66. The quantitative estimate of drug-likeness (QED) is 0.353. The van der Waals surface area contributed by atoms with Crippen molar-refractivity contribution in [1.82, 2.24) is 4.98 Å². The smallest absolute Gasteiger partial charge is 0.303 e. The van der Waals surface area contributed by atoms with Crippen molar-refractivity contribution in [1.29, 1.82) is 0 Å². The second-order valence-corrected chi connectivity index (χ2v) is 7.35. The minimum Gasteiger partial charge on any atom is -0.481 e. The van der Waals surface area contributed by atoms with Crippen LogP contribution < -0.4 is 4.90 Å². The van der Waals surface area contributed by atoms with Crippen LogP contribution in [0.1, 0.15) is 70.6 Å². The predicted molar refractivity (Wildman–Crippen MR) is 116 cm³/mol. The number of aromatic nitrogens is 1. The standard InChI is InChI=1S/C24H34N2O2/c27-24(28)19-12-7-5-3-1-2-4-6-8-15-21-26(22-16-10-9-11-17-22)23-18-13-14-20-25-23/h9-11,13-14,16-18,20H,1-8,12,15,19,21H2,(H,27,28). The fraction of sp³-hybridized carbons (Fsp3) is 0.500. The number of anilines is 2. The van der Waals surface area contributed by atoms with Gasteiger partial charge in [-0.15, -0.1) is 0 Å². The summed E-state index contributed by atoms with van der Waals surface area (Å²) in [6.07, 6.45) is 14.0. The Morgan fingerprint density at radius 2 is 1.32 bits per heavy atom. The fourth-order valence-electron chi connectivity index (χ4n) is 3.46. The molecule has 1 aromatic heterocycles. The number of aliphatic carboxylic acids is 1. The molecule has 0 aliphatic carbocycles. The van der Waals surface area contributed by atoms with Gasteiger partial charge < -0.3 is 10.0 Å². The molecule has 0 fully saturated rings. The number of pyridine rings is 1. The van der Waals surface area contributed by atoms with E-state index < -0.39 is 5.97 Å². The number of carboxylic acid groups (broad SMARTS) is 1. The Labute approximate surface area is 169 Å². The highest BCUT2D eigenvalue weighted by atomic mass is 16.4. The molecule has 28 heavy (non-hydrogen) atoms. The highest BCUT2D eigenvalue weighted by Gasteiger charge is 2.09. The van der Waals surface area contributed by atoms with Crippen LogP contribution in [0.3, 0.4) is 0 Å². The van der Waals surface area contributed by atoms with Crippen LogP contribution in [0.5, 0.6) is 0 Å². The largest absolute Gasteiger partial charge is 0.481 e. The third-order valence-corrected chi connectivity index (χ3v) is 5.02. The molecule has 0 atom stereocenters. The van der Waals surface area contributed by atoms with Gasteiger partial charge in [-0.1, -0.05) is 75.6 Å². The normalized spacial score (nSPS) is 10.7. The first-order chi connectivity index (χ1) is 13.8. The number of rotatable bonds is 15. The zero-order chi connectivity index (χ0) is 19.9. The van der Waals surface area contributed by atoms with E-state index in [9.17, 15) is 4.79 Å². The lowest BCUT2D eigenvalue weighted by atomic mass is 10.1. The molecule has 1 heterocycles. The Kier molecular flexibility index (Phi) is 10.8. The molecule has 2 rings (SSSR count). The summed E-state index contributed by atoms with van der Waals surface area (Å²) in [5.41, 5.74) is 1.20. The Bertz CT molecular complexity index is 607. The molecule has 0 aliphatic heterocycles. The first-order valence-electron chi connectivity index (χ1n) is 10.7. The second kappa shape index (κ2) is 13.8. The molecule has 0 aliphatic rings. The molecular weight excluding hydrogens is 348 g/mol. The second-order valence-electron chi connectivity index (χ2n) is 7.35. The molecule has 0 radical (unpaired) electrons. The Balaban J connectivity index is 1.57. The lowest BCUT2D eigenvalue weighted by Gasteiger charge is -2.23. The van der Waals surface area contributed by atoms with E-state index in [0.717, 1.165) is 25.2 Å². The summed E-state index contributed by atoms with van der Waals surface area (Å²) in [5, 5.41) is 8.61. The number of carboxylic acids is 1. The van der Waals surface area contributed by atoms with Gasteiger partial charge in [0, 0.05) is 24.8 Å². The van der Waals surface area contributed by atoms with Crippen molar-refractivity contribution in [2.75, 3.05) is 11.4 Å². The summed E-state index contributed by atoms with van der Waals surface area (Å²) >= 11 is 0. The lowest BCUT2D eigenvalue weighted by Crippen LogP contribution is -2.19. The molecule has 0 saturated heterocycles. The van der Waals surface area contributed by atoms with Gasteiger partial charge in [0.05, 0.1) is 0 Å². The lowest BCUT2D eigenvalue weighted by molar-refractivity contribution is -0.137. The highest BCUT2D eigenvalue weighted by Crippen LogP contribution is 2.23. The molecule has 152 valence electrons. The van der Waals surface area contributed by atoms with Crippen molar-refractivity contribution < 1.29 is 9.90 Å². The average Bonchev–Trinajstić information content (AvgIpc) is 2.72. The van der Waals surface area contributed by atoms with E-state index in [1.54, 1.807) is 0 Å².